The Morgan fingerprint density at radius 2 is 1.80 bits per heavy atom. The highest BCUT2D eigenvalue weighted by Crippen LogP contribution is 2.46. The van der Waals surface area contributed by atoms with Gasteiger partial charge in [-0.1, -0.05) is 29.8 Å². The number of ether oxygens (including phenoxy) is 2. The number of hydrogen-bond donors (Lipinski definition) is 0. The number of esters is 1. The lowest BCUT2D eigenvalue weighted by atomic mass is 9.75. The summed E-state index contributed by atoms with van der Waals surface area (Å²) < 4.78 is 11.3. The fourth-order valence-electron chi connectivity index (χ4n) is 5.33. The summed E-state index contributed by atoms with van der Waals surface area (Å²) in [5.41, 5.74) is 4.76. The van der Waals surface area contributed by atoms with Crippen molar-refractivity contribution in [3.8, 4) is 11.1 Å². The topological polar surface area (TPSA) is 52.6 Å². The number of rotatable bonds is 3. The molecule has 2 fully saturated rings. The summed E-state index contributed by atoms with van der Waals surface area (Å²) in [7, 11) is 1.65. The zero-order valence-corrected chi connectivity index (χ0v) is 18.6. The summed E-state index contributed by atoms with van der Waals surface area (Å²) in [4.78, 5) is 26.7. The van der Waals surface area contributed by atoms with Crippen LogP contribution in [0.25, 0.3) is 11.1 Å². The molecular formula is C25H27ClO4. The minimum Gasteiger partial charge on any atom is -0.450 e. The number of hydrogen-bond acceptors (Lipinski definition) is 4. The van der Waals surface area contributed by atoms with E-state index in [0.29, 0.717) is 17.9 Å². The molecule has 3 atom stereocenters. The summed E-state index contributed by atoms with van der Waals surface area (Å²) >= 11 is 6.07. The monoisotopic (exact) mass is 426 g/mol. The fraction of sp³-hybridized carbons (Fsp3) is 0.440. The van der Waals surface area contributed by atoms with Crippen LogP contribution in [-0.2, 0) is 19.1 Å². The van der Waals surface area contributed by atoms with Crippen molar-refractivity contribution in [3.05, 3.63) is 57.6 Å². The highest BCUT2D eigenvalue weighted by Gasteiger charge is 2.57. The second-order valence-corrected chi connectivity index (χ2v) is 9.03. The molecule has 2 aromatic carbocycles. The first-order chi connectivity index (χ1) is 14.3. The second-order valence-electron chi connectivity index (χ2n) is 8.60. The maximum Gasteiger partial charge on any atom is 0.322 e. The first kappa shape index (κ1) is 21.1. The van der Waals surface area contributed by atoms with Gasteiger partial charge in [0.05, 0.1) is 6.10 Å². The highest BCUT2D eigenvalue weighted by molar-refractivity contribution is 6.30. The van der Waals surface area contributed by atoms with Crippen molar-refractivity contribution < 1.29 is 19.1 Å². The molecule has 2 aliphatic rings. The molecule has 4 nitrogen and oxygen atoms in total. The molecule has 5 heteroatoms. The number of benzene rings is 2. The van der Waals surface area contributed by atoms with Gasteiger partial charge in [-0.15, -0.1) is 0 Å². The van der Waals surface area contributed by atoms with Crippen LogP contribution in [0.1, 0.15) is 53.9 Å². The number of carbonyl (C=O) groups excluding carboxylic acids is 2. The quantitative estimate of drug-likeness (QED) is 0.482. The van der Waals surface area contributed by atoms with E-state index in [1.165, 1.54) is 0 Å². The standard InChI is InChI=1S/C25H27ClO4/c1-14-12-15(2)21(16(3)20(14)17-7-9-18(26)10-8-17)22-23(27)25(30-24(22)28)11-5-6-19(13-25)29-4/h7-10,12,19,22H,5-6,11,13H2,1-4H3. The van der Waals surface area contributed by atoms with Gasteiger partial charge in [-0.2, -0.15) is 0 Å². The van der Waals surface area contributed by atoms with Crippen LogP contribution >= 0.6 is 11.6 Å². The van der Waals surface area contributed by atoms with Gasteiger partial charge in [-0.05, 0) is 85.5 Å². The normalized spacial score (nSPS) is 26.3. The zero-order chi connectivity index (χ0) is 21.6. The van der Waals surface area contributed by atoms with E-state index in [1.807, 2.05) is 45.0 Å². The van der Waals surface area contributed by atoms with E-state index >= 15 is 0 Å². The molecule has 0 aromatic heterocycles. The van der Waals surface area contributed by atoms with Gasteiger partial charge in [0.15, 0.2) is 11.4 Å². The molecule has 2 aromatic rings. The Kier molecular flexibility index (Phi) is 5.50. The van der Waals surface area contributed by atoms with E-state index in [9.17, 15) is 9.59 Å². The van der Waals surface area contributed by atoms with E-state index in [0.717, 1.165) is 46.2 Å². The van der Waals surface area contributed by atoms with Gasteiger partial charge in [0.25, 0.3) is 0 Å². The van der Waals surface area contributed by atoms with Crippen LogP contribution < -0.4 is 0 Å². The van der Waals surface area contributed by atoms with Crippen LogP contribution in [0.3, 0.4) is 0 Å². The smallest absolute Gasteiger partial charge is 0.322 e. The van der Waals surface area contributed by atoms with Crippen LogP contribution in [0, 0.1) is 20.8 Å². The van der Waals surface area contributed by atoms with Crippen LogP contribution in [-0.4, -0.2) is 30.6 Å². The molecule has 158 valence electrons. The van der Waals surface area contributed by atoms with E-state index in [2.05, 4.69) is 6.07 Å². The Morgan fingerprint density at radius 3 is 2.47 bits per heavy atom. The third-order valence-corrected chi connectivity index (χ3v) is 6.95. The van der Waals surface area contributed by atoms with Crippen LogP contribution in [0.4, 0.5) is 0 Å². The van der Waals surface area contributed by atoms with Gasteiger partial charge in [0, 0.05) is 18.6 Å². The van der Waals surface area contributed by atoms with Crippen molar-refractivity contribution >= 4 is 23.4 Å². The highest BCUT2D eigenvalue weighted by atomic mass is 35.5. The predicted molar refractivity (Wildman–Crippen MR) is 117 cm³/mol. The van der Waals surface area contributed by atoms with Crippen LogP contribution in [0.5, 0.6) is 0 Å². The van der Waals surface area contributed by atoms with Crippen molar-refractivity contribution in [2.24, 2.45) is 0 Å². The molecule has 1 aliphatic carbocycles. The third kappa shape index (κ3) is 3.36. The van der Waals surface area contributed by atoms with Crippen LogP contribution in [0.2, 0.25) is 5.02 Å². The lowest BCUT2D eigenvalue weighted by Gasteiger charge is -2.34. The number of aryl methyl sites for hydroxylation is 2. The minimum atomic E-state index is -1.05. The number of halogens is 1. The third-order valence-electron chi connectivity index (χ3n) is 6.69. The predicted octanol–water partition coefficient (Wildman–Crippen LogP) is 5.47. The SMILES string of the molecule is COC1CCCC2(C1)OC(=O)C(c1c(C)cc(C)c(-c3ccc(Cl)cc3)c1C)C2=O. The fourth-order valence-corrected chi connectivity index (χ4v) is 5.46. The van der Waals surface area contributed by atoms with Crippen molar-refractivity contribution in [2.45, 2.75) is 64.1 Å². The average Bonchev–Trinajstić information content (AvgIpc) is 2.93. The Balaban J connectivity index is 1.81. The molecule has 1 heterocycles. The molecule has 0 bridgehead atoms. The summed E-state index contributed by atoms with van der Waals surface area (Å²) in [5.74, 6) is -1.44. The van der Waals surface area contributed by atoms with Gasteiger partial charge in [-0.3, -0.25) is 9.59 Å². The molecule has 0 radical (unpaired) electrons. The van der Waals surface area contributed by atoms with Gasteiger partial charge < -0.3 is 9.47 Å². The van der Waals surface area contributed by atoms with Crippen LogP contribution in [0.15, 0.2) is 30.3 Å². The Labute approximate surface area is 182 Å². The van der Waals surface area contributed by atoms with Gasteiger partial charge in [-0.25, -0.2) is 0 Å². The number of methoxy groups -OCH3 is 1. The molecule has 1 spiro atoms. The summed E-state index contributed by atoms with van der Waals surface area (Å²) in [6, 6.07) is 9.70. The first-order valence-corrected chi connectivity index (χ1v) is 10.8. The summed E-state index contributed by atoms with van der Waals surface area (Å²) in [6.07, 6.45) is 2.66. The van der Waals surface area contributed by atoms with Gasteiger partial charge >= 0.3 is 5.97 Å². The maximum atomic E-state index is 13.6. The molecule has 4 rings (SSSR count). The van der Waals surface area contributed by atoms with E-state index in [4.69, 9.17) is 21.1 Å². The number of Topliss-reactive ketones (excluding diaryl/α,β-unsaturated/α-hetero) is 1. The van der Waals surface area contributed by atoms with Crippen molar-refractivity contribution in [3.63, 3.8) is 0 Å². The Morgan fingerprint density at radius 1 is 1.10 bits per heavy atom. The first-order valence-electron chi connectivity index (χ1n) is 10.4. The maximum absolute atomic E-state index is 13.6. The molecule has 0 N–H and O–H groups in total. The molecule has 1 aliphatic heterocycles. The number of ketones is 1. The van der Waals surface area contributed by atoms with E-state index in [-0.39, 0.29) is 11.9 Å². The molecular weight excluding hydrogens is 400 g/mol. The average molecular weight is 427 g/mol. The van der Waals surface area contributed by atoms with E-state index < -0.39 is 17.5 Å². The van der Waals surface area contributed by atoms with Crippen molar-refractivity contribution in [1.29, 1.82) is 0 Å². The lowest BCUT2D eigenvalue weighted by Crippen LogP contribution is -2.44. The summed E-state index contributed by atoms with van der Waals surface area (Å²) in [6.45, 7) is 6.00. The summed E-state index contributed by atoms with van der Waals surface area (Å²) in [5, 5.41) is 0.669. The second kappa shape index (κ2) is 7.82. The Bertz CT molecular complexity index is 1010. The lowest BCUT2D eigenvalue weighted by molar-refractivity contribution is -0.159. The molecule has 1 saturated carbocycles. The minimum absolute atomic E-state index is 0.0564. The largest absolute Gasteiger partial charge is 0.450 e. The zero-order valence-electron chi connectivity index (χ0n) is 17.9. The van der Waals surface area contributed by atoms with Gasteiger partial charge in [0.2, 0.25) is 0 Å². The number of carbonyl (C=O) groups is 2. The van der Waals surface area contributed by atoms with Crippen molar-refractivity contribution in [1.82, 2.24) is 0 Å². The van der Waals surface area contributed by atoms with Crippen molar-refractivity contribution in [2.75, 3.05) is 7.11 Å². The molecule has 1 saturated heterocycles. The Hall–Kier alpha value is -2.17. The molecule has 3 unspecified atom stereocenters. The van der Waals surface area contributed by atoms with E-state index in [1.54, 1.807) is 7.11 Å². The van der Waals surface area contributed by atoms with Gasteiger partial charge in [0.1, 0.15) is 5.92 Å². The molecule has 30 heavy (non-hydrogen) atoms. The molecule has 0 amide bonds.